The summed E-state index contributed by atoms with van der Waals surface area (Å²) in [6.45, 7) is 2.85. The number of hydrogen-bond donors (Lipinski definition) is 0. The van der Waals surface area contributed by atoms with Crippen LogP contribution in [0, 0.1) is 0 Å². The van der Waals surface area contributed by atoms with Crippen LogP contribution < -0.4 is 9.47 Å². The molecule has 2 unspecified atom stereocenters. The molecule has 3 aliphatic rings. The third kappa shape index (κ3) is 4.32. The maximum Gasteiger partial charge on any atom is 0.340 e. The van der Waals surface area contributed by atoms with Gasteiger partial charge in [0.2, 0.25) is 0 Å². The molecule has 35 heavy (non-hydrogen) atoms. The van der Waals surface area contributed by atoms with Gasteiger partial charge in [-0.15, -0.1) is 0 Å². The van der Waals surface area contributed by atoms with Gasteiger partial charge in [-0.1, -0.05) is 85.9 Å². The Bertz CT molecular complexity index is 1250. The summed E-state index contributed by atoms with van der Waals surface area (Å²) in [6, 6.07) is 13.1. The van der Waals surface area contributed by atoms with Crippen LogP contribution in [0.25, 0.3) is 0 Å². The predicted octanol–water partition coefficient (Wildman–Crippen LogP) is 7.19. The van der Waals surface area contributed by atoms with Gasteiger partial charge in [0.25, 0.3) is 0 Å². The number of fused-ring (bicyclic) bond motifs is 6. The van der Waals surface area contributed by atoms with Crippen molar-refractivity contribution in [2.24, 2.45) is 0 Å². The van der Waals surface area contributed by atoms with Crippen molar-refractivity contribution in [3.8, 4) is 11.5 Å². The predicted molar refractivity (Wildman–Crippen MR) is 151 cm³/mol. The molecule has 0 bridgehead atoms. The molecule has 0 saturated carbocycles. The molecule has 0 radical (unpaired) electrons. The van der Waals surface area contributed by atoms with E-state index in [-0.39, 0.29) is 15.7 Å². The van der Waals surface area contributed by atoms with Gasteiger partial charge in [-0.05, 0) is 47.2 Å². The summed E-state index contributed by atoms with van der Waals surface area (Å²) in [4.78, 5) is 25.8. The van der Waals surface area contributed by atoms with Crippen LogP contribution in [0.3, 0.4) is 0 Å². The first-order chi connectivity index (χ1) is 17.0. The van der Waals surface area contributed by atoms with E-state index < -0.39 is 5.60 Å². The second-order valence-corrected chi connectivity index (χ2v) is 11.4. The van der Waals surface area contributed by atoms with Crippen LogP contribution in [0.1, 0.15) is 66.9 Å². The van der Waals surface area contributed by atoms with Crippen LogP contribution in [0.4, 0.5) is 0 Å². The van der Waals surface area contributed by atoms with E-state index in [2.05, 4.69) is 29.5 Å². The zero-order valence-electron chi connectivity index (χ0n) is 19.4. The Labute approximate surface area is 232 Å². The fourth-order valence-electron chi connectivity index (χ4n) is 4.94. The third-order valence-electron chi connectivity index (χ3n) is 6.69. The quantitative estimate of drug-likeness (QED) is 0.127. The summed E-state index contributed by atoms with van der Waals surface area (Å²) < 4.78 is 18.7. The molecule has 0 aromatic heterocycles. The van der Waals surface area contributed by atoms with E-state index >= 15 is 0 Å². The van der Waals surface area contributed by atoms with Crippen LogP contribution in [0.2, 0.25) is 0 Å². The number of hydrogen-bond acceptors (Lipinski definition) is 5. The summed E-state index contributed by atoms with van der Waals surface area (Å²) >= 11 is 4.16. The van der Waals surface area contributed by atoms with Gasteiger partial charge in [0, 0.05) is 22.8 Å². The maximum atomic E-state index is 13.0. The Morgan fingerprint density at radius 1 is 1.00 bits per heavy atom. The molecule has 0 saturated heterocycles. The number of carbonyl (C=O) groups excluding carboxylic acids is 2. The molecule has 1 aliphatic carbocycles. The summed E-state index contributed by atoms with van der Waals surface area (Å²) in [5.41, 5.74) is 1.57. The zero-order chi connectivity index (χ0) is 24.6. The Morgan fingerprint density at radius 3 is 2.60 bits per heavy atom. The lowest BCUT2D eigenvalue weighted by Crippen LogP contribution is -2.39. The molecule has 1 spiro atoms. The molecule has 0 N–H and O–H groups in total. The highest BCUT2D eigenvalue weighted by atomic mass is 127. The minimum Gasteiger partial charge on any atom is -0.493 e. The van der Waals surface area contributed by atoms with E-state index in [0.29, 0.717) is 38.6 Å². The Kier molecular flexibility index (Phi) is 7.25. The van der Waals surface area contributed by atoms with Crippen molar-refractivity contribution in [2.75, 3.05) is 6.61 Å². The Hall–Kier alpha value is -1.88. The standard InChI is InChI=1S/C28H26I2O5/c1-2-3-4-5-6-9-14-33-17-12-13-20-23(15-17)34-26-21(16-22(29)25(31)24(26)30)28(20)19-11-8-7-10-18(19)27(32)35-28/h7-8,10-13,15-16,22H,2-6,9,14H2,1H3. The lowest BCUT2D eigenvalue weighted by molar-refractivity contribution is -0.113. The highest BCUT2D eigenvalue weighted by Crippen LogP contribution is 2.57. The monoisotopic (exact) mass is 696 g/mol. The molecule has 2 aromatic carbocycles. The molecule has 2 atom stereocenters. The first-order valence-corrected chi connectivity index (χ1v) is 14.4. The highest BCUT2D eigenvalue weighted by molar-refractivity contribution is 14.1. The minimum absolute atomic E-state index is 0.0170. The smallest absolute Gasteiger partial charge is 0.340 e. The average molecular weight is 696 g/mol. The van der Waals surface area contributed by atoms with Gasteiger partial charge in [0.1, 0.15) is 15.1 Å². The van der Waals surface area contributed by atoms with Gasteiger partial charge in [-0.3, -0.25) is 4.79 Å². The van der Waals surface area contributed by atoms with E-state index in [9.17, 15) is 9.59 Å². The van der Waals surface area contributed by atoms with E-state index in [1.807, 2.05) is 65.1 Å². The highest BCUT2D eigenvalue weighted by Gasteiger charge is 2.56. The Morgan fingerprint density at radius 2 is 1.77 bits per heavy atom. The van der Waals surface area contributed by atoms with Gasteiger partial charge in [-0.25, -0.2) is 4.79 Å². The van der Waals surface area contributed by atoms with Crippen molar-refractivity contribution in [1.82, 2.24) is 0 Å². The summed E-state index contributed by atoms with van der Waals surface area (Å²) in [5, 5.41) is 0. The van der Waals surface area contributed by atoms with E-state index in [1.165, 1.54) is 25.7 Å². The number of unbranched alkanes of at least 4 members (excludes halogenated alkanes) is 5. The fourth-order valence-corrected chi connectivity index (χ4v) is 6.94. The van der Waals surface area contributed by atoms with Crippen molar-refractivity contribution in [3.05, 3.63) is 80.1 Å². The lowest BCUT2D eigenvalue weighted by atomic mass is 9.75. The first kappa shape index (κ1) is 24.8. The molecule has 7 heteroatoms. The Balaban J connectivity index is 1.52. The van der Waals surface area contributed by atoms with Crippen LogP contribution >= 0.6 is 45.2 Å². The van der Waals surface area contributed by atoms with Gasteiger partial charge in [0.15, 0.2) is 17.1 Å². The molecule has 0 amide bonds. The molecule has 0 fully saturated rings. The van der Waals surface area contributed by atoms with Crippen LogP contribution in [-0.4, -0.2) is 22.3 Å². The molecular formula is C28H26I2O5. The third-order valence-corrected chi connectivity index (χ3v) is 8.63. The molecule has 182 valence electrons. The van der Waals surface area contributed by atoms with Crippen molar-refractivity contribution < 1.29 is 23.8 Å². The van der Waals surface area contributed by atoms with Crippen LogP contribution in [-0.2, 0) is 15.1 Å². The molecule has 2 aromatic rings. The number of ketones is 1. The number of Topliss-reactive ketones (excluding diaryl/α,β-unsaturated/α-hetero) is 1. The first-order valence-electron chi connectivity index (χ1n) is 12.1. The van der Waals surface area contributed by atoms with Gasteiger partial charge in [0.05, 0.1) is 16.1 Å². The van der Waals surface area contributed by atoms with Gasteiger partial charge < -0.3 is 14.2 Å². The second kappa shape index (κ2) is 10.2. The number of benzene rings is 2. The number of carbonyl (C=O) groups is 2. The average Bonchev–Trinajstić information content (AvgIpc) is 3.16. The number of rotatable bonds is 8. The van der Waals surface area contributed by atoms with Crippen molar-refractivity contribution in [2.45, 2.75) is 55.0 Å². The second-order valence-electron chi connectivity index (χ2n) is 8.98. The number of ether oxygens (including phenoxy) is 3. The minimum atomic E-state index is -1.16. The van der Waals surface area contributed by atoms with E-state index in [0.717, 1.165) is 24.0 Å². The lowest BCUT2D eigenvalue weighted by Gasteiger charge is -2.40. The van der Waals surface area contributed by atoms with Crippen molar-refractivity contribution >= 4 is 56.9 Å². The van der Waals surface area contributed by atoms with Gasteiger partial charge in [-0.2, -0.15) is 0 Å². The normalized spacial score (nSPS) is 22.3. The topological polar surface area (TPSA) is 61.8 Å². The molecule has 5 rings (SSSR count). The molecular weight excluding hydrogens is 670 g/mol. The maximum absolute atomic E-state index is 13.0. The fraction of sp³-hybridized carbons (Fsp3) is 0.357. The van der Waals surface area contributed by atoms with E-state index in [1.54, 1.807) is 6.07 Å². The summed E-state index contributed by atoms with van der Waals surface area (Å²) in [6.07, 6.45) is 9.03. The molecule has 2 heterocycles. The number of alkyl halides is 1. The van der Waals surface area contributed by atoms with Crippen LogP contribution in [0.15, 0.2) is 63.5 Å². The largest absolute Gasteiger partial charge is 0.493 e. The number of esters is 1. The summed E-state index contributed by atoms with van der Waals surface area (Å²) in [7, 11) is 0. The zero-order valence-corrected chi connectivity index (χ0v) is 23.8. The number of halogens is 2. The van der Waals surface area contributed by atoms with Crippen molar-refractivity contribution in [3.63, 3.8) is 0 Å². The van der Waals surface area contributed by atoms with Gasteiger partial charge >= 0.3 is 5.97 Å². The van der Waals surface area contributed by atoms with Crippen LogP contribution in [0.5, 0.6) is 11.5 Å². The summed E-state index contributed by atoms with van der Waals surface area (Å²) in [5.74, 6) is 1.29. The molecule has 5 nitrogen and oxygen atoms in total. The number of allylic oxidation sites excluding steroid dienone is 2. The van der Waals surface area contributed by atoms with E-state index in [4.69, 9.17) is 14.2 Å². The molecule has 2 aliphatic heterocycles. The van der Waals surface area contributed by atoms with Crippen molar-refractivity contribution in [1.29, 1.82) is 0 Å². The SMILES string of the molecule is CCCCCCCCOc1ccc2c(c1)OC1=C(I)C(=O)C(I)C=C1C21OC(=O)c2ccccc21.